The van der Waals surface area contributed by atoms with Crippen LogP contribution in [0.2, 0.25) is 0 Å². The molecule has 2 aromatic rings. The van der Waals surface area contributed by atoms with Crippen molar-refractivity contribution in [2.45, 2.75) is 18.4 Å². The van der Waals surface area contributed by atoms with Gasteiger partial charge in [-0.1, -0.05) is 0 Å². The van der Waals surface area contributed by atoms with Crippen molar-refractivity contribution in [2.24, 2.45) is 0 Å². The Bertz CT molecular complexity index is 720. The number of hydrogen-bond acceptors (Lipinski definition) is 3. The molecule has 20 heavy (non-hydrogen) atoms. The number of benzene rings is 1. The molecule has 0 spiro atoms. The van der Waals surface area contributed by atoms with Crippen LogP contribution in [0.15, 0.2) is 29.3 Å². The van der Waals surface area contributed by atoms with Crippen LogP contribution in [0.3, 0.4) is 0 Å². The quantitative estimate of drug-likeness (QED) is 0.941. The van der Waals surface area contributed by atoms with E-state index in [1.165, 1.54) is 16.9 Å². The predicted molar refractivity (Wildman–Crippen MR) is 65.0 cm³/mol. The summed E-state index contributed by atoms with van der Waals surface area (Å²) < 4.78 is 66.8. The van der Waals surface area contributed by atoms with Crippen molar-refractivity contribution < 1.29 is 21.6 Å². The third-order valence-corrected chi connectivity index (χ3v) is 3.84. The second-order valence-corrected chi connectivity index (χ2v) is 5.48. The Morgan fingerprint density at radius 2 is 1.85 bits per heavy atom. The highest BCUT2D eigenvalue weighted by atomic mass is 32.2. The molecule has 1 aromatic heterocycles. The molecule has 5 nitrogen and oxygen atoms in total. The van der Waals surface area contributed by atoms with Crippen LogP contribution in [-0.4, -0.2) is 18.2 Å². The highest BCUT2D eigenvalue weighted by Crippen LogP contribution is 2.22. The Morgan fingerprint density at radius 1 is 1.25 bits per heavy atom. The lowest BCUT2D eigenvalue weighted by Crippen LogP contribution is -2.17. The number of halogens is 3. The minimum Gasteiger partial charge on any atom is -0.271 e. The standard InChI is InChI=1S/C11H10F3N3O2S/c1-2-17-4-3-10(15-17)16-20(18,19)11-8(13)5-7(12)6-9(11)14/h3-6H,2H2,1H3,(H,15,16). The maximum Gasteiger partial charge on any atom is 0.268 e. The van der Waals surface area contributed by atoms with E-state index in [4.69, 9.17) is 0 Å². The Labute approximate surface area is 113 Å². The molecule has 108 valence electrons. The number of nitrogens with zero attached hydrogens (tertiary/aromatic N) is 2. The molecular weight excluding hydrogens is 295 g/mol. The minimum absolute atomic E-state index is 0.0880. The van der Waals surface area contributed by atoms with Gasteiger partial charge in [-0.2, -0.15) is 5.10 Å². The SMILES string of the molecule is CCn1ccc(NS(=O)(=O)c2c(F)cc(F)cc2F)n1. The molecule has 0 unspecified atom stereocenters. The van der Waals surface area contributed by atoms with Gasteiger partial charge in [0.1, 0.15) is 17.5 Å². The molecule has 0 fully saturated rings. The average molecular weight is 305 g/mol. The number of nitrogens with one attached hydrogen (secondary N) is 1. The molecule has 2 rings (SSSR count). The number of sulfonamides is 1. The van der Waals surface area contributed by atoms with Crippen molar-refractivity contribution in [3.63, 3.8) is 0 Å². The molecule has 0 radical (unpaired) electrons. The first kappa shape index (κ1) is 14.4. The molecule has 0 amide bonds. The number of anilines is 1. The molecule has 0 bridgehead atoms. The molecular formula is C11H10F3N3O2S. The summed E-state index contributed by atoms with van der Waals surface area (Å²) in [6.07, 6.45) is 1.50. The minimum atomic E-state index is -4.53. The van der Waals surface area contributed by atoms with Crippen molar-refractivity contribution in [3.8, 4) is 0 Å². The zero-order valence-corrected chi connectivity index (χ0v) is 11.1. The Hall–Kier alpha value is -2.03. The normalized spacial score (nSPS) is 11.6. The Balaban J connectivity index is 2.40. The smallest absolute Gasteiger partial charge is 0.268 e. The van der Waals surface area contributed by atoms with Gasteiger partial charge in [-0.3, -0.25) is 9.40 Å². The Morgan fingerprint density at radius 3 is 2.35 bits per heavy atom. The van der Waals surface area contributed by atoms with Crippen LogP contribution >= 0.6 is 0 Å². The largest absolute Gasteiger partial charge is 0.271 e. The molecule has 0 aliphatic carbocycles. The summed E-state index contributed by atoms with van der Waals surface area (Å²) in [5.41, 5.74) is 0. The summed E-state index contributed by atoms with van der Waals surface area (Å²) in [6.45, 7) is 2.28. The topological polar surface area (TPSA) is 64.0 Å². The number of rotatable bonds is 4. The monoisotopic (exact) mass is 305 g/mol. The van der Waals surface area contributed by atoms with Crippen LogP contribution in [0.5, 0.6) is 0 Å². The van der Waals surface area contributed by atoms with Gasteiger partial charge >= 0.3 is 0 Å². The third kappa shape index (κ3) is 2.77. The first-order valence-corrected chi connectivity index (χ1v) is 7.02. The van der Waals surface area contributed by atoms with E-state index in [1.807, 2.05) is 4.72 Å². The predicted octanol–water partition coefficient (Wildman–Crippen LogP) is 2.12. The summed E-state index contributed by atoms with van der Waals surface area (Å²) in [6, 6.07) is 1.92. The van der Waals surface area contributed by atoms with Gasteiger partial charge in [-0.05, 0) is 6.92 Å². The van der Waals surface area contributed by atoms with E-state index in [-0.39, 0.29) is 5.82 Å². The lowest BCUT2D eigenvalue weighted by molar-refractivity contribution is 0.498. The van der Waals surface area contributed by atoms with Crippen molar-refractivity contribution in [1.29, 1.82) is 0 Å². The van der Waals surface area contributed by atoms with E-state index >= 15 is 0 Å². The van der Waals surface area contributed by atoms with Crippen molar-refractivity contribution in [1.82, 2.24) is 9.78 Å². The van der Waals surface area contributed by atoms with E-state index in [9.17, 15) is 21.6 Å². The van der Waals surface area contributed by atoms with Crippen LogP contribution < -0.4 is 4.72 Å². The fourth-order valence-corrected chi connectivity index (χ4v) is 2.68. The lowest BCUT2D eigenvalue weighted by atomic mass is 10.3. The van der Waals surface area contributed by atoms with Gasteiger partial charge in [0, 0.05) is 30.9 Å². The van der Waals surface area contributed by atoms with Crippen LogP contribution in [0.4, 0.5) is 19.0 Å². The first-order valence-electron chi connectivity index (χ1n) is 5.54. The molecule has 0 saturated heterocycles. The molecule has 9 heteroatoms. The third-order valence-electron chi connectivity index (χ3n) is 2.44. The van der Waals surface area contributed by atoms with Gasteiger partial charge in [0.25, 0.3) is 10.0 Å². The van der Waals surface area contributed by atoms with Gasteiger partial charge in [0.05, 0.1) is 0 Å². The second-order valence-electron chi connectivity index (χ2n) is 3.86. The average Bonchev–Trinajstić information content (AvgIpc) is 2.73. The molecule has 1 heterocycles. The van der Waals surface area contributed by atoms with Crippen LogP contribution in [0.1, 0.15) is 6.92 Å². The van der Waals surface area contributed by atoms with Crippen LogP contribution in [0, 0.1) is 17.5 Å². The summed E-state index contributed by atoms with van der Waals surface area (Å²) in [7, 11) is -4.53. The fraction of sp³-hybridized carbons (Fsp3) is 0.182. The second kappa shape index (κ2) is 5.16. The first-order chi connectivity index (χ1) is 9.33. The maximum atomic E-state index is 13.5. The summed E-state index contributed by atoms with van der Waals surface area (Å²) >= 11 is 0. The number of aromatic nitrogens is 2. The van der Waals surface area contributed by atoms with Gasteiger partial charge in [0.2, 0.25) is 0 Å². The number of aryl methyl sites for hydroxylation is 1. The van der Waals surface area contributed by atoms with Crippen molar-refractivity contribution in [3.05, 3.63) is 41.8 Å². The highest BCUT2D eigenvalue weighted by Gasteiger charge is 2.25. The zero-order valence-electron chi connectivity index (χ0n) is 10.3. The molecule has 0 aliphatic rings. The van der Waals surface area contributed by atoms with E-state index in [1.54, 1.807) is 6.92 Å². The zero-order chi connectivity index (χ0) is 14.9. The number of hydrogen-bond donors (Lipinski definition) is 1. The van der Waals surface area contributed by atoms with Crippen LogP contribution in [-0.2, 0) is 16.6 Å². The van der Waals surface area contributed by atoms with E-state index in [0.29, 0.717) is 18.7 Å². The van der Waals surface area contributed by atoms with Gasteiger partial charge < -0.3 is 0 Å². The maximum absolute atomic E-state index is 13.5. The Kier molecular flexibility index (Phi) is 3.71. The summed E-state index contributed by atoms with van der Waals surface area (Å²) in [5, 5.41) is 3.82. The van der Waals surface area contributed by atoms with Gasteiger partial charge in [-0.15, -0.1) is 0 Å². The van der Waals surface area contributed by atoms with Gasteiger partial charge in [0.15, 0.2) is 10.7 Å². The van der Waals surface area contributed by atoms with E-state index in [2.05, 4.69) is 5.10 Å². The summed E-state index contributed by atoms with van der Waals surface area (Å²) in [4.78, 5) is -1.25. The molecule has 0 saturated carbocycles. The van der Waals surface area contributed by atoms with Crippen molar-refractivity contribution >= 4 is 15.8 Å². The lowest BCUT2D eigenvalue weighted by Gasteiger charge is -2.07. The van der Waals surface area contributed by atoms with Crippen LogP contribution in [0.25, 0.3) is 0 Å². The van der Waals surface area contributed by atoms with E-state index < -0.39 is 32.4 Å². The molecule has 0 atom stereocenters. The van der Waals surface area contributed by atoms with Crippen molar-refractivity contribution in [2.75, 3.05) is 4.72 Å². The molecule has 1 N–H and O–H groups in total. The summed E-state index contributed by atoms with van der Waals surface area (Å²) in [5.74, 6) is -4.31. The highest BCUT2D eigenvalue weighted by molar-refractivity contribution is 7.92. The van der Waals surface area contributed by atoms with Gasteiger partial charge in [-0.25, -0.2) is 21.6 Å². The molecule has 0 aliphatic heterocycles. The fourth-order valence-electron chi connectivity index (χ4n) is 1.57. The molecule has 1 aromatic carbocycles. The van der Waals surface area contributed by atoms with E-state index in [0.717, 1.165) is 0 Å².